The lowest BCUT2D eigenvalue weighted by molar-refractivity contribution is 0.0994. The van der Waals surface area contributed by atoms with Gasteiger partial charge in [-0.25, -0.2) is 0 Å². The minimum absolute atomic E-state index is 0.0490. The average molecular weight is 375 g/mol. The maximum absolute atomic E-state index is 12.5. The first-order valence-corrected chi connectivity index (χ1v) is 9.30. The van der Waals surface area contributed by atoms with E-state index in [0.29, 0.717) is 17.2 Å². The van der Waals surface area contributed by atoms with E-state index in [9.17, 15) is 4.79 Å². The summed E-state index contributed by atoms with van der Waals surface area (Å²) in [6.07, 6.45) is 1.63. The number of aromatic nitrogens is 2. The molecule has 6 nitrogen and oxygen atoms in total. The van der Waals surface area contributed by atoms with Crippen LogP contribution in [0, 0.1) is 0 Å². The van der Waals surface area contributed by atoms with Gasteiger partial charge < -0.3 is 14.5 Å². The van der Waals surface area contributed by atoms with E-state index in [1.165, 1.54) is 23.1 Å². The van der Waals surface area contributed by atoms with Crippen molar-refractivity contribution in [1.29, 1.82) is 0 Å². The van der Waals surface area contributed by atoms with Crippen molar-refractivity contribution in [2.45, 2.75) is 23.1 Å². The Morgan fingerprint density at radius 2 is 2.12 bits per heavy atom. The fourth-order valence-corrected chi connectivity index (χ4v) is 4.07. The van der Waals surface area contributed by atoms with Crippen molar-refractivity contribution in [1.82, 2.24) is 10.2 Å². The largest absolute Gasteiger partial charge is 0.497 e. The third-order valence-corrected chi connectivity index (χ3v) is 5.49. The van der Waals surface area contributed by atoms with Crippen LogP contribution in [0.4, 0.5) is 5.13 Å². The van der Waals surface area contributed by atoms with Crippen LogP contribution in [0.1, 0.15) is 23.0 Å². The molecule has 3 rings (SSSR count). The van der Waals surface area contributed by atoms with Crippen LogP contribution in [-0.2, 0) is 6.54 Å². The number of ketones is 1. The van der Waals surface area contributed by atoms with Gasteiger partial charge in [-0.15, -0.1) is 10.2 Å². The summed E-state index contributed by atoms with van der Waals surface area (Å²) in [4.78, 5) is 12.5. The minimum atomic E-state index is -0.251. The second kappa shape index (κ2) is 8.17. The molecule has 1 N–H and O–H groups in total. The minimum Gasteiger partial charge on any atom is -0.497 e. The summed E-state index contributed by atoms with van der Waals surface area (Å²) in [7, 11) is 1.60. The van der Waals surface area contributed by atoms with Crippen LogP contribution in [0.2, 0.25) is 0 Å². The summed E-state index contributed by atoms with van der Waals surface area (Å²) in [6, 6.07) is 10.8. The first kappa shape index (κ1) is 17.5. The fourth-order valence-electron chi connectivity index (χ4n) is 2.10. The van der Waals surface area contributed by atoms with Gasteiger partial charge in [-0.05, 0) is 43.3 Å². The highest BCUT2D eigenvalue weighted by Crippen LogP contribution is 2.30. The number of furan rings is 1. The van der Waals surface area contributed by atoms with Gasteiger partial charge in [-0.1, -0.05) is 23.1 Å². The molecule has 2 heterocycles. The molecule has 0 saturated heterocycles. The maximum atomic E-state index is 12.5. The summed E-state index contributed by atoms with van der Waals surface area (Å²) < 4.78 is 11.1. The Balaban J connectivity index is 1.56. The van der Waals surface area contributed by atoms with E-state index in [-0.39, 0.29) is 11.0 Å². The molecule has 0 amide bonds. The first-order valence-electron chi connectivity index (χ1n) is 7.60. The molecular formula is C17H17N3O3S2. The van der Waals surface area contributed by atoms with Crippen molar-refractivity contribution in [2.75, 3.05) is 12.4 Å². The number of thioether (sulfide) groups is 1. The van der Waals surface area contributed by atoms with Crippen LogP contribution < -0.4 is 10.1 Å². The molecule has 2 aromatic heterocycles. The molecule has 0 aliphatic rings. The highest BCUT2D eigenvalue weighted by atomic mass is 32.2. The molecule has 3 aromatic rings. The zero-order chi connectivity index (χ0) is 17.6. The highest BCUT2D eigenvalue weighted by Gasteiger charge is 2.19. The van der Waals surface area contributed by atoms with Crippen LogP contribution in [0.25, 0.3) is 0 Å². The number of benzene rings is 1. The van der Waals surface area contributed by atoms with Gasteiger partial charge in [0.2, 0.25) is 5.13 Å². The molecular weight excluding hydrogens is 358 g/mol. The Morgan fingerprint density at radius 3 is 2.80 bits per heavy atom. The van der Waals surface area contributed by atoms with Crippen molar-refractivity contribution in [2.24, 2.45) is 0 Å². The lowest BCUT2D eigenvalue weighted by atomic mass is 10.1. The highest BCUT2D eigenvalue weighted by molar-refractivity contribution is 8.02. The molecule has 8 heteroatoms. The molecule has 25 heavy (non-hydrogen) atoms. The number of methoxy groups -OCH3 is 1. The van der Waals surface area contributed by atoms with Gasteiger partial charge in [0.15, 0.2) is 10.1 Å². The number of ether oxygens (including phenoxy) is 1. The van der Waals surface area contributed by atoms with Gasteiger partial charge in [0, 0.05) is 5.56 Å². The van der Waals surface area contributed by atoms with E-state index < -0.39 is 0 Å². The van der Waals surface area contributed by atoms with Crippen LogP contribution in [0.3, 0.4) is 0 Å². The molecule has 0 unspecified atom stereocenters. The second-order valence-corrected chi connectivity index (χ2v) is 7.72. The van der Waals surface area contributed by atoms with E-state index in [4.69, 9.17) is 9.15 Å². The molecule has 1 atom stereocenters. The first-order chi connectivity index (χ1) is 12.2. The number of hydrogen-bond acceptors (Lipinski definition) is 8. The Kier molecular flexibility index (Phi) is 5.72. The molecule has 0 saturated carbocycles. The third kappa shape index (κ3) is 4.61. The monoisotopic (exact) mass is 375 g/mol. The van der Waals surface area contributed by atoms with Gasteiger partial charge in [-0.2, -0.15) is 0 Å². The smallest absolute Gasteiger partial charge is 0.206 e. The van der Waals surface area contributed by atoms with Crippen molar-refractivity contribution < 1.29 is 13.9 Å². The third-order valence-electron chi connectivity index (χ3n) is 3.42. The predicted molar refractivity (Wildman–Crippen MR) is 98.6 cm³/mol. The number of carbonyl (C=O) groups excluding carboxylic acids is 1. The Hall–Kier alpha value is -2.32. The van der Waals surface area contributed by atoms with Crippen LogP contribution in [-0.4, -0.2) is 28.3 Å². The lowest BCUT2D eigenvalue weighted by Crippen LogP contribution is -2.13. The SMILES string of the molecule is COc1ccc(C(=O)[C@@H](C)Sc2nnc(NCc3ccco3)s2)cc1. The molecule has 0 fully saturated rings. The van der Waals surface area contributed by atoms with Gasteiger partial charge in [0.1, 0.15) is 11.5 Å². The Morgan fingerprint density at radius 1 is 1.32 bits per heavy atom. The van der Waals surface area contributed by atoms with E-state index in [2.05, 4.69) is 15.5 Å². The van der Waals surface area contributed by atoms with E-state index in [0.717, 1.165) is 15.8 Å². The summed E-state index contributed by atoms with van der Waals surface area (Å²) in [5, 5.41) is 11.8. The van der Waals surface area contributed by atoms with E-state index in [1.54, 1.807) is 37.6 Å². The van der Waals surface area contributed by atoms with Crippen LogP contribution in [0.15, 0.2) is 51.4 Å². The number of nitrogens with zero attached hydrogens (tertiary/aromatic N) is 2. The zero-order valence-corrected chi connectivity index (χ0v) is 15.4. The number of anilines is 1. The lowest BCUT2D eigenvalue weighted by Gasteiger charge is -2.08. The quantitative estimate of drug-likeness (QED) is 0.469. The van der Waals surface area contributed by atoms with E-state index in [1.807, 2.05) is 19.1 Å². The molecule has 0 bridgehead atoms. The predicted octanol–water partition coefficient (Wildman–Crippen LogP) is 4.12. The van der Waals surface area contributed by atoms with Crippen LogP contribution >= 0.6 is 23.1 Å². The Bertz CT molecular complexity index is 816. The standard InChI is InChI=1S/C17H17N3O3S2/c1-11(15(21)12-5-7-13(22-2)8-6-12)24-17-20-19-16(25-17)18-10-14-4-3-9-23-14/h3-9,11H,10H2,1-2H3,(H,18,19)/t11-/m1/s1. The number of carbonyl (C=O) groups is 1. The number of Topliss-reactive ketones (excluding diaryl/α,β-unsaturated/α-hetero) is 1. The molecule has 0 radical (unpaired) electrons. The molecule has 1 aromatic carbocycles. The van der Waals surface area contributed by atoms with Crippen molar-refractivity contribution >= 4 is 34.0 Å². The van der Waals surface area contributed by atoms with Crippen molar-refractivity contribution in [3.8, 4) is 5.75 Å². The van der Waals surface area contributed by atoms with Gasteiger partial charge >= 0.3 is 0 Å². The molecule has 130 valence electrons. The normalized spacial score (nSPS) is 11.9. The molecule has 0 aliphatic carbocycles. The zero-order valence-electron chi connectivity index (χ0n) is 13.8. The van der Waals surface area contributed by atoms with E-state index >= 15 is 0 Å². The van der Waals surface area contributed by atoms with Gasteiger partial charge in [-0.3, -0.25) is 4.79 Å². The number of nitrogens with one attached hydrogen (secondary N) is 1. The average Bonchev–Trinajstić information content (AvgIpc) is 3.31. The maximum Gasteiger partial charge on any atom is 0.206 e. The van der Waals surface area contributed by atoms with Gasteiger partial charge in [0.25, 0.3) is 0 Å². The summed E-state index contributed by atoms with van der Waals surface area (Å²) in [6.45, 7) is 2.42. The summed E-state index contributed by atoms with van der Waals surface area (Å²) in [5.41, 5.74) is 0.654. The topological polar surface area (TPSA) is 77.2 Å². The molecule has 0 aliphatic heterocycles. The summed E-state index contributed by atoms with van der Waals surface area (Å²) in [5.74, 6) is 1.61. The van der Waals surface area contributed by atoms with Crippen molar-refractivity contribution in [3.05, 3.63) is 54.0 Å². The fraction of sp³-hybridized carbons (Fsp3) is 0.235. The molecule has 0 spiro atoms. The second-order valence-electron chi connectivity index (χ2n) is 5.16. The van der Waals surface area contributed by atoms with Crippen LogP contribution in [0.5, 0.6) is 5.75 Å². The van der Waals surface area contributed by atoms with Crippen molar-refractivity contribution in [3.63, 3.8) is 0 Å². The number of rotatable bonds is 8. The van der Waals surface area contributed by atoms with Gasteiger partial charge in [0.05, 0.1) is 25.2 Å². The summed E-state index contributed by atoms with van der Waals surface area (Å²) >= 11 is 2.82. The Labute approximate surface area is 153 Å². The number of hydrogen-bond donors (Lipinski definition) is 1.